The summed E-state index contributed by atoms with van der Waals surface area (Å²) in [5.74, 6) is -0.597. The van der Waals surface area contributed by atoms with E-state index < -0.39 is 5.97 Å². The SMILES string of the molecule is CC1C(=O)C[C@H](CC(=O)O)C1(C)C. The minimum Gasteiger partial charge on any atom is -0.481 e. The molecule has 1 fully saturated rings. The highest BCUT2D eigenvalue weighted by Crippen LogP contribution is 2.46. The van der Waals surface area contributed by atoms with Crippen LogP contribution in [0.4, 0.5) is 0 Å². The van der Waals surface area contributed by atoms with Gasteiger partial charge in [0.05, 0.1) is 0 Å². The Bertz CT molecular complexity index is 241. The first-order chi connectivity index (χ1) is 5.85. The molecule has 0 aromatic rings. The molecule has 74 valence electrons. The summed E-state index contributed by atoms with van der Waals surface area (Å²) in [6, 6.07) is 0. The van der Waals surface area contributed by atoms with Crippen molar-refractivity contribution in [2.75, 3.05) is 0 Å². The average molecular weight is 184 g/mol. The summed E-state index contributed by atoms with van der Waals surface area (Å²) in [7, 11) is 0. The number of carbonyl (C=O) groups excluding carboxylic acids is 1. The number of carboxylic acids is 1. The number of carbonyl (C=O) groups is 2. The van der Waals surface area contributed by atoms with Crippen molar-refractivity contribution >= 4 is 11.8 Å². The van der Waals surface area contributed by atoms with Crippen LogP contribution in [0.5, 0.6) is 0 Å². The molecule has 3 heteroatoms. The van der Waals surface area contributed by atoms with Crippen molar-refractivity contribution in [2.24, 2.45) is 17.3 Å². The van der Waals surface area contributed by atoms with E-state index in [1.165, 1.54) is 0 Å². The number of hydrogen-bond donors (Lipinski definition) is 1. The Kier molecular flexibility index (Phi) is 2.46. The molecular weight excluding hydrogens is 168 g/mol. The predicted molar refractivity (Wildman–Crippen MR) is 48.3 cm³/mol. The summed E-state index contributed by atoms with van der Waals surface area (Å²) < 4.78 is 0. The standard InChI is InChI=1S/C10H16O3/c1-6-8(11)4-7(5-9(12)13)10(6,2)3/h6-7H,4-5H2,1-3H3,(H,12,13)/t6?,7-/m1/s1. The second kappa shape index (κ2) is 3.13. The Hall–Kier alpha value is -0.860. The average Bonchev–Trinajstić information content (AvgIpc) is 2.15. The first-order valence-electron chi connectivity index (χ1n) is 4.60. The fourth-order valence-corrected chi connectivity index (χ4v) is 2.00. The van der Waals surface area contributed by atoms with Gasteiger partial charge in [0.15, 0.2) is 0 Å². The summed E-state index contributed by atoms with van der Waals surface area (Å²) >= 11 is 0. The normalized spacial score (nSPS) is 32.1. The van der Waals surface area contributed by atoms with Gasteiger partial charge in [-0.25, -0.2) is 0 Å². The van der Waals surface area contributed by atoms with Crippen LogP contribution >= 0.6 is 0 Å². The number of hydrogen-bond acceptors (Lipinski definition) is 2. The van der Waals surface area contributed by atoms with Gasteiger partial charge in [0, 0.05) is 18.8 Å². The van der Waals surface area contributed by atoms with Crippen LogP contribution in [0.15, 0.2) is 0 Å². The predicted octanol–water partition coefficient (Wildman–Crippen LogP) is 1.71. The van der Waals surface area contributed by atoms with Gasteiger partial charge in [-0.2, -0.15) is 0 Å². The molecule has 0 saturated heterocycles. The maximum atomic E-state index is 11.4. The highest BCUT2D eigenvalue weighted by Gasteiger charge is 2.46. The zero-order valence-electron chi connectivity index (χ0n) is 8.33. The van der Waals surface area contributed by atoms with Gasteiger partial charge in [-0.1, -0.05) is 20.8 Å². The van der Waals surface area contributed by atoms with Gasteiger partial charge < -0.3 is 5.11 Å². The van der Waals surface area contributed by atoms with Crippen molar-refractivity contribution in [3.8, 4) is 0 Å². The van der Waals surface area contributed by atoms with Gasteiger partial charge in [0.25, 0.3) is 0 Å². The largest absolute Gasteiger partial charge is 0.481 e. The summed E-state index contributed by atoms with van der Waals surface area (Å²) in [6.45, 7) is 5.86. The summed E-state index contributed by atoms with van der Waals surface area (Å²) in [6.07, 6.45) is 0.545. The van der Waals surface area contributed by atoms with E-state index in [0.717, 1.165) is 0 Å². The molecule has 0 aromatic heterocycles. The molecule has 1 N–H and O–H groups in total. The number of aliphatic carboxylic acids is 1. The van der Waals surface area contributed by atoms with Gasteiger partial charge >= 0.3 is 5.97 Å². The van der Waals surface area contributed by atoms with E-state index in [4.69, 9.17) is 5.11 Å². The molecule has 0 amide bonds. The lowest BCUT2D eigenvalue weighted by Crippen LogP contribution is -2.26. The van der Waals surface area contributed by atoms with Crippen LogP contribution in [0, 0.1) is 17.3 Å². The zero-order chi connectivity index (χ0) is 10.2. The van der Waals surface area contributed by atoms with E-state index >= 15 is 0 Å². The minimum atomic E-state index is -0.806. The van der Waals surface area contributed by atoms with E-state index in [1.54, 1.807) is 0 Å². The van der Waals surface area contributed by atoms with Gasteiger partial charge in [-0.15, -0.1) is 0 Å². The van der Waals surface area contributed by atoms with Gasteiger partial charge in [-0.3, -0.25) is 9.59 Å². The first kappa shape index (κ1) is 10.2. The molecule has 0 radical (unpaired) electrons. The first-order valence-corrected chi connectivity index (χ1v) is 4.60. The molecule has 1 rings (SSSR count). The monoisotopic (exact) mass is 184 g/mol. The van der Waals surface area contributed by atoms with E-state index in [9.17, 15) is 9.59 Å². The van der Waals surface area contributed by atoms with Crippen molar-refractivity contribution in [1.82, 2.24) is 0 Å². The Labute approximate surface area is 78.1 Å². The Balaban J connectivity index is 2.78. The lowest BCUT2D eigenvalue weighted by atomic mass is 9.75. The smallest absolute Gasteiger partial charge is 0.303 e. The van der Waals surface area contributed by atoms with Crippen LogP contribution in [-0.4, -0.2) is 16.9 Å². The Morgan fingerprint density at radius 3 is 2.46 bits per heavy atom. The number of carboxylic acid groups (broad SMARTS) is 1. The van der Waals surface area contributed by atoms with Crippen LogP contribution in [0.25, 0.3) is 0 Å². The number of rotatable bonds is 2. The van der Waals surface area contributed by atoms with E-state index in [1.807, 2.05) is 20.8 Å². The Morgan fingerprint density at radius 1 is 1.62 bits per heavy atom. The summed E-state index contributed by atoms with van der Waals surface area (Å²) in [5, 5.41) is 8.67. The lowest BCUT2D eigenvalue weighted by Gasteiger charge is -2.28. The molecule has 1 aliphatic rings. The molecule has 0 spiro atoms. The van der Waals surface area contributed by atoms with Crippen LogP contribution < -0.4 is 0 Å². The second-order valence-electron chi connectivity index (χ2n) is 4.51. The van der Waals surface area contributed by atoms with Crippen LogP contribution in [0.3, 0.4) is 0 Å². The molecule has 0 aliphatic heterocycles. The highest BCUT2D eigenvalue weighted by atomic mass is 16.4. The molecule has 1 aliphatic carbocycles. The molecule has 3 nitrogen and oxygen atoms in total. The Morgan fingerprint density at radius 2 is 2.15 bits per heavy atom. The van der Waals surface area contributed by atoms with Crippen molar-refractivity contribution < 1.29 is 14.7 Å². The molecule has 1 unspecified atom stereocenters. The van der Waals surface area contributed by atoms with Crippen LogP contribution in [0.2, 0.25) is 0 Å². The van der Waals surface area contributed by atoms with Crippen molar-refractivity contribution in [3.63, 3.8) is 0 Å². The lowest BCUT2D eigenvalue weighted by molar-refractivity contribution is -0.139. The molecule has 0 aromatic carbocycles. The highest BCUT2D eigenvalue weighted by molar-refractivity contribution is 5.85. The molecule has 0 heterocycles. The van der Waals surface area contributed by atoms with E-state index in [-0.39, 0.29) is 29.5 Å². The molecule has 0 bridgehead atoms. The summed E-state index contributed by atoms with van der Waals surface area (Å²) in [4.78, 5) is 21.9. The van der Waals surface area contributed by atoms with E-state index in [2.05, 4.69) is 0 Å². The third-order valence-electron chi connectivity index (χ3n) is 3.52. The van der Waals surface area contributed by atoms with Gasteiger partial charge in [0.1, 0.15) is 5.78 Å². The van der Waals surface area contributed by atoms with Gasteiger partial charge in [-0.05, 0) is 11.3 Å². The zero-order valence-corrected chi connectivity index (χ0v) is 8.33. The molecular formula is C10H16O3. The van der Waals surface area contributed by atoms with Crippen molar-refractivity contribution in [2.45, 2.75) is 33.6 Å². The van der Waals surface area contributed by atoms with Crippen molar-refractivity contribution in [3.05, 3.63) is 0 Å². The molecule has 13 heavy (non-hydrogen) atoms. The fourth-order valence-electron chi connectivity index (χ4n) is 2.00. The van der Waals surface area contributed by atoms with Crippen LogP contribution in [-0.2, 0) is 9.59 Å². The summed E-state index contributed by atoms with van der Waals surface area (Å²) in [5.41, 5.74) is -0.157. The van der Waals surface area contributed by atoms with E-state index in [0.29, 0.717) is 6.42 Å². The number of ketones is 1. The maximum Gasteiger partial charge on any atom is 0.303 e. The second-order valence-corrected chi connectivity index (χ2v) is 4.51. The van der Waals surface area contributed by atoms with Crippen molar-refractivity contribution in [1.29, 1.82) is 0 Å². The quantitative estimate of drug-likeness (QED) is 0.710. The number of Topliss-reactive ketones (excluding diaryl/α,β-unsaturated/α-hetero) is 1. The van der Waals surface area contributed by atoms with Gasteiger partial charge in [0.2, 0.25) is 0 Å². The molecule has 2 atom stereocenters. The third kappa shape index (κ3) is 1.74. The topological polar surface area (TPSA) is 54.4 Å². The fraction of sp³-hybridized carbons (Fsp3) is 0.800. The maximum absolute atomic E-state index is 11.4. The third-order valence-corrected chi connectivity index (χ3v) is 3.52. The molecule has 1 saturated carbocycles. The minimum absolute atomic E-state index is 0.00292. The van der Waals surface area contributed by atoms with Crippen LogP contribution in [0.1, 0.15) is 33.6 Å².